The molecule has 2 rings (SSSR count). The van der Waals surface area contributed by atoms with Gasteiger partial charge in [0.25, 0.3) is 0 Å². The van der Waals surface area contributed by atoms with E-state index in [-0.39, 0.29) is 11.9 Å². The summed E-state index contributed by atoms with van der Waals surface area (Å²) in [7, 11) is 0. The van der Waals surface area contributed by atoms with Crippen molar-refractivity contribution < 1.29 is 4.79 Å². The SMILES string of the molecule is CC1NCCN(c2cc(Br)cs2)C1=O. The molecule has 2 heterocycles. The van der Waals surface area contributed by atoms with Crippen molar-refractivity contribution in [3.05, 3.63) is 15.9 Å². The average Bonchev–Trinajstić information content (AvgIpc) is 2.57. The number of hydrogen-bond donors (Lipinski definition) is 1. The molecule has 0 aromatic carbocycles. The van der Waals surface area contributed by atoms with E-state index < -0.39 is 0 Å². The van der Waals surface area contributed by atoms with Crippen LogP contribution in [0.25, 0.3) is 0 Å². The van der Waals surface area contributed by atoms with Crippen molar-refractivity contribution in [1.82, 2.24) is 5.32 Å². The van der Waals surface area contributed by atoms with Gasteiger partial charge in [0.1, 0.15) is 0 Å². The zero-order valence-corrected chi connectivity index (χ0v) is 10.2. The highest BCUT2D eigenvalue weighted by atomic mass is 79.9. The molecule has 1 aromatic heterocycles. The molecule has 1 saturated heterocycles. The number of rotatable bonds is 1. The number of amides is 1. The number of carbonyl (C=O) groups excluding carboxylic acids is 1. The van der Waals surface area contributed by atoms with E-state index in [0.717, 1.165) is 22.6 Å². The van der Waals surface area contributed by atoms with Crippen molar-refractivity contribution in [3.8, 4) is 0 Å². The molecule has 5 heteroatoms. The zero-order chi connectivity index (χ0) is 10.1. The van der Waals surface area contributed by atoms with E-state index in [4.69, 9.17) is 0 Å². The predicted octanol–water partition coefficient (Wildman–Crippen LogP) is 1.84. The Labute approximate surface area is 95.2 Å². The van der Waals surface area contributed by atoms with E-state index in [1.807, 2.05) is 23.3 Å². The summed E-state index contributed by atoms with van der Waals surface area (Å²) in [5, 5.41) is 6.16. The van der Waals surface area contributed by atoms with Gasteiger partial charge in [-0.05, 0) is 28.9 Å². The quantitative estimate of drug-likeness (QED) is 0.848. The lowest BCUT2D eigenvalue weighted by molar-refractivity contribution is -0.121. The first-order valence-corrected chi connectivity index (χ1v) is 6.14. The Morgan fingerprint density at radius 3 is 3.14 bits per heavy atom. The summed E-state index contributed by atoms with van der Waals surface area (Å²) in [6.07, 6.45) is 0. The minimum atomic E-state index is -0.0652. The van der Waals surface area contributed by atoms with Gasteiger partial charge in [-0.15, -0.1) is 11.3 Å². The molecule has 1 unspecified atom stereocenters. The van der Waals surface area contributed by atoms with Gasteiger partial charge in [-0.25, -0.2) is 0 Å². The summed E-state index contributed by atoms with van der Waals surface area (Å²) in [4.78, 5) is 13.6. The molecule has 3 nitrogen and oxygen atoms in total. The van der Waals surface area contributed by atoms with Crippen molar-refractivity contribution in [3.63, 3.8) is 0 Å². The fourth-order valence-electron chi connectivity index (χ4n) is 1.49. The largest absolute Gasteiger partial charge is 0.304 e. The monoisotopic (exact) mass is 274 g/mol. The fraction of sp³-hybridized carbons (Fsp3) is 0.444. The van der Waals surface area contributed by atoms with Crippen LogP contribution in [0.5, 0.6) is 0 Å². The maximum Gasteiger partial charge on any atom is 0.244 e. The number of halogens is 1. The molecule has 1 aromatic rings. The van der Waals surface area contributed by atoms with E-state index in [2.05, 4.69) is 21.2 Å². The Hall–Kier alpha value is -0.390. The van der Waals surface area contributed by atoms with Crippen LogP contribution in [0, 0.1) is 0 Å². The van der Waals surface area contributed by atoms with Crippen molar-refractivity contribution in [2.45, 2.75) is 13.0 Å². The summed E-state index contributed by atoms with van der Waals surface area (Å²) in [5.74, 6) is 0.158. The molecule has 0 aliphatic carbocycles. The van der Waals surface area contributed by atoms with E-state index in [1.165, 1.54) is 0 Å². The van der Waals surface area contributed by atoms with E-state index in [1.54, 1.807) is 11.3 Å². The molecule has 0 bridgehead atoms. The lowest BCUT2D eigenvalue weighted by Gasteiger charge is -2.30. The Morgan fingerprint density at radius 1 is 1.71 bits per heavy atom. The Kier molecular flexibility index (Phi) is 2.90. The van der Waals surface area contributed by atoms with Crippen LogP contribution in [0.2, 0.25) is 0 Å². The molecule has 0 spiro atoms. The molecular formula is C9H11BrN2OS. The molecule has 0 radical (unpaired) electrons. The third kappa shape index (κ3) is 1.85. The van der Waals surface area contributed by atoms with Crippen LogP contribution in [0.15, 0.2) is 15.9 Å². The number of nitrogens with one attached hydrogen (secondary N) is 1. The van der Waals surface area contributed by atoms with Crippen molar-refractivity contribution in [1.29, 1.82) is 0 Å². The molecule has 0 saturated carbocycles. The summed E-state index contributed by atoms with van der Waals surface area (Å²) < 4.78 is 1.04. The van der Waals surface area contributed by atoms with Gasteiger partial charge in [0.15, 0.2) is 0 Å². The zero-order valence-electron chi connectivity index (χ0n) is 7.79. The second kappa shape index (κ2) is 4.00. The lowest BCUT2D eigenvalue weighted by atomic mass is 10.2. The van der Waals surface area contributed by atoms with Crippen molar-refractivity contribution in [2.75, 3.05) is 18.0 Å². The number of thiophene rings is 1. The first-order valence-electron chi connectivity index (χ1n) is 4.47. The number of carbonyl (C=O) groups is 1. The smallest absolute Gasteiger partial charge is 0.244 e. The highest BCUT2D eigenvalue weighted by Crippen LogP contribution is 2.29. The third-order valence-electron chi connectivity index (χ3n) is 2.24. The number of piperazine rings is 1. The minimum Gasteiger partial charge on any atom is -0.304 e. The van der Waals surface area contributed by atoms with Crippen molar-refractivity contribution in [2.24, 2.45) is 0 Å². The minimum absolute atomic E-state index is 0.0652. The van der Waals surface area contributed by atoms with E-state index in [0.29, 0.717) is 0 Å². The average molecular weight is 275 g/mol. The Balaban J connectivity index is 2.21. The summed E-state index contributed by atoms with van der Waals surface area (Å²) in [5.41, 5.74) is 0. The van der Waals surface area contributed by atoms with Gasteiger partial charge in [0, 0.05) is 22.9 Å². The highest BCUT2D eigenvalue weighted by Gasteiger charge is 2.26. The number of nitrogens with zero attached hydrogens (tertiary/aromatic N) is 1. The molecule has 1 aliphatic heterocycles. The standard InChI is InChI=1S/C9H11BrN2OS/c1-6-9(13)12(3-2-11-6)8-4-7(10)5-14-8/h4-6,11H,2-3H2,1H3. The molecule has 76 valence electrons. The first-order chi connectivity index (χ1) is 6.68. The molecule has 1 fully saturated rings. The van der Waals surface area contributed by atoms with Gasteiger partial charge in [-0.1, -0.05) is 0 Å². The second-order valence-electron chi connectivity index (χ2n) is 3.27. The molecule has 1 atom stereocenters. The summed E-state index contributed by atoms with van der Waals surface area (Å²) >= 11 is 4.98. The molecule has 1 N–H and O–H groups in total. The van der Waals surface area contributed by atoms with Gasteiger partial charge in [0.2, 0.25) is 5.91 Å². The van der Waals surface area contributed by atoms with Crippen LogP contribution in [0.1, 0.15) is 6.92 Å². The Morgan fingerprint density at radius 2 is 2.50 bits per heavy atom. The first kappa shape index (κ1) is 10.1. The lowest BCUT2D eigenvalue weighted by Crippen LogP contribution is -2.53. The Bertz CT molecular complexity index is 352. The maximum absolute atomic E-state index is 11.8. The van der Waals surface area contributed by atoms with Crippen LogP contribution >= 0.6 is 27.3 Å². The third-order valence-corrected chi connectivity index (χ3v) is 3.95. The van der Waals surface area contributed by atoms with Gasteiger partial charge in [-0.3, -0.25) is 4.79 Å². The van der Waals surface area contributed by atoms with Crippen LogP contribution in [0.3, 0.4) is 0 Å². The number of hydrogen-bond acceptors (Lipinski definition) is 3. The maximum atomic E-state index is 11.8. The highest BCUT2D eigenvalue weighted by molar-refractivity contribution is 9.10. The van der Waals surface area contributed by atoms with Crippen LogP contribution < -0.4 is 10.2 Å². The second-order valence-corrected chi connectivity index (χ2v) is 5.07. The van der Waals surface area contributed by atoms with E-state index >= 15 is 0 Å². The van der Waals surface area contributed by atoms with Gasteiger partial charge >= 0.3 is 0 Å². The molecule has 1 amide bonds. The predicted molar refractivity (Wildman–Crippen MR) is 61.8 cm³/mol. The summed E-state index contributed by atoms with van der Waals surface area (Å²) in [6.45, 7) is 3.52. The van der Waals surface area contributed by atoms with E-state index in [9.17, 15) is 4.79 Å². The van der Waals surface area contributed by atoms with Crippen LogP contribution in [0.4, 0.5) is 5.00 Å². The van der Waals surface area contributed by atoms with Crippen molar-refractivity contribution >= 4 is 38.2 Å². The molecule has 14 heavy (non-hydrogen) atoms. The van der Waals surface area contributed by atoms with Crippen LogP contribution in [-0.4, -0.2) is 25.0 Å². The normalized spacial score (nSPS) is 22.9. The van der Waals surface area contributed by atoms with Crippen LogP contribution in [-0.2, 0) is 4.79 Å². The summed E-state index contributed by atoms with van der Waals surface area (Å²) in [6, 6.07) is 1.92. The topological polar surface area (TPSA) is 32.3 Å². The molecule has 1 aliphatic rings. The van der Waals surface area contributed by atoms with Gasteiger partial charge < -0.3 is 10.2 Å². The fourth-order valence-corrected chi connectivity index (χ4v) is 2.94. The molecular weight excluding hydrogens is 264 g/mol. The van der Waals surface area contributed by atoms with Gasteiger partial charge in [0.05, 0.1) is 11.0 Å². The van der Waals surface area contributed by atoms with Gasteiger partial charge in [-0.2, -0.15) is 0 Å². The number of anilines is 1.